The van der Waals surface area contributed by atoms with E-state index in [1.165, 1.54) is 12.1 Å². The second kappa shape index (κ2) is 6.87. The summed E-state index contributed by atoms with van der Waals surface area (Å²) in [4.78, 5) is 12.1. The molecule has 0 saturated carbocycles. The number of hydrogen-bond acceptors (Lipinski definition) is 3. The molecule has 0 saturated heterocycles. The number of benzene rings is 2. The maximum Gasteiger partial charge on any atom is 0.258 e. The molecule has 1 atom stereocenters. The molecule has 1 aliphatic heterocycles. The van der Waals surface area contributed by atoms with Gasteiger partial charge in [0.2, 0.25) is 0 Å². The van der Waals surface area contributed by atoms with E-state index < -0.39 is 5.82 Å². The zero-order chi connectivity index (χ0) is 16.2. The van der Waals surface area contributed by atoms with E-state index in [1.54, 1.807) is 0 Å². The molecule has 0 aromatic heterocycles. The van der Waals surface area contributed by atoms with Gasteiger partial charge in [0.1, 0.15) is 17.3 Å². The molecule has 23 heavy (non-hydrogen) atoms. The standard InChI is InChI=1S/C17H15ClFNO3/c18-13-9-11(19)5-6-16(13)23-10-17(21)20-14-7-8-22-15-4-2-1-3-12(14)15/h1-6,9,14H,7-8,10H2,(H,20,21). The lowest BCUT2D eigenvalue weighted by Gasteiger charge is -2.26. The molecule has 0 fully saturated rings. The van der Waals surface area contributed by atoms with Crippen molar-refractivity contribution in [3.05, 3.63) is 58.9 Å². The van der Waals surface area contributed by atoms with Gasteiger partial charge in [0, 0.05) is 12.0 Å². The van der Waals surface area contributed by atoms with Crippen LogP contribution in [-0.2, 0) is 4.79 Å². The third-order valence-electron chi connectivity index (χ3n) is 3.55. The zero-order valence-electron chi connectivity index (χ0n) is 12.2. The lowest BCUT2D eigenvalue weighted by molar-refractivity contribution is -0.124. The largest absolute Gasteiger partial charge is 0.493 e. The van der Waals surface area contributed by atoms with Crippen LogP contribution in [0.1, 0.15) is 18.0 Å². The number of halogens is 2. The van der Waals surface area contributed by atoms with Crippen LogP contribution in [0.2, 0.25) is 5.02 Å². The van der Waals surface area contributed by atoms with Crippen molar-refractivity contribution in [2.45, 2.75) is 12.5 Å². The minimum absolute atomic E-state index is 0.111. The normalized spacial score (nSPS) is 16.2. The van der Waals surface area contributed by atoms with Crippen LogP contribution in [0.5, 0.6) is 11.5 Å². The third-order valence-corrected chi connectivity index (χ3v) is 3.84. The molecule has 1 amide bonds. The highest BCUT2D eigenvalue weighted by Crippen LogP contribution is 2.31. The fourth-order valence-corrected chi connectivity index (χ4v) is 2.69. The second-order valence-electron chi connectivity index (χ2n) is 5.16. The summed E-state index contributed by atoms with van der Waals surface area (Å²) < 4.78 is 23.9. The van der Waals surface area contributed by atoms with Crippen LogP contribution in [-0.4, -0.2) is 19.1 Å². The van der Waals surface area contributed by atoms with Crippen molar-refractivity contribution in [2.75, 3.05) is 13.2 Å². The lowest BCUT2D eigenvalue weighted by Crippen LogP contribution is -2.35. The number of para-hydroxylation sites is 1. The minimum atomic E-state index is -0.453. The summed E-state index contributed by atoms with van der Waals surface area (Å²) in [5.74, 6) is 0.333. The van der Waals surface area contributed by atoms with Crippen LogP contribution < -0.4 is 14.8 Å². The molecule has 1 N–H and O–H groups in total. The topological polar surface area (TPSA) is 47.6 Å². The minimum Gasteiger partial charge on any atom is -0.493 e. The smallest absolute Gasteiger partial charge is 0.258 e. The molecule has 0 aliphatic carbocycles. The first-order valence-corrected chi connectivity index (χ1v) is 7.60. The van der Waals surface area contributed by atoms with E-state index in [1.807, 2.05) is 24.3 Å². The molecule has 0 radical (unpaired) electrons. The number of amides is 1. The number of hydrogen-bond donors (Lipinski definition) is 1. The van der Waals surface area contributed by atoms with Gasteiger partial charge in [0.05, 0.1) is 17.7 Å². The lowest BCUT2D eigenvalue weighted by atomic mass is 10.0. The Hall–Kier alpha value is -2.27. The molecule has 4 nitrogen and oxygen atoms in total. The van der Waals surface area contributed by atoms with Crippen molar-refractivity contribution in [3.63, 3.8) is 0 Å². The number of rotatable bonds is 4. The van der Waals surface area contributed by atoms with Crippen LogP contribution in [0.15, 0.2) is 42.5 Å². The predicted molar refractivity (Wildman–Crippen MR) is 84.3 cm³/mol. The number of carbonyl (C=O) groups is 1. The number of nitrogens with one attached hydrogen (secondary N) is 1. The Balaban J connectivity index is 1.60. The van der Waals surface area contributed by atoms with Gasteiger partial charge in [-0.1, -0.05) is 29.8 Å². The predicted octanol–water partition coefficient (Wildman–Crippen LogP) is 3.50. The monoisotopic (exact) mass is 335 g/mol. The van der Waals surface area contributed by atoms with Gasteiger partial charge >= 0.3 is 0 Å². The molecule has 6 heteroatoms. The Morgan fingerprint density at radius 1 is 1.35 bits per heavy atom. The molecular formula is C17H15ClFNO3. The zero-order valence-corrected chi connectivity index (χ0v) is 13.0. The summed E-state index contributed by atoms with van der Waals surface area (Å²) in [6.45, 7) is 0.359. The van der Waals surface area contributed by atoms with Gasteiger partial charge in [-0.05, 0) is 24.3 Å². The average Bonchev–Trinajstić information content (AvgIpc) is 2.54. The maximum atomic E-state index is 13.0. The van der Waals surface area contributed by atoms with E-state index in [-0.39, 0.29) is 29.3 Å². The van der Waals surface area contributed by atoms with Gasteiger partial charge < -0.3 is 14.8 Å². The van der Waals surface area contributed by atoms with Gasteiger partial charge in [0.15, 0.2) is 6.61 Å². The van der Waals surface area contributed by atoms with E-state index in [2.05, 4.69) is 5.32 Å². The highest BCUT2D eigenvalue weighted by atomic mass is 35.5. The first-order valence-electron chi connectivity index (χ1n) is 7.22. The van der Waals surface area contributed by atoms with Crippen molar-refractivity contribution >= 4 is 17.5 Å². The quantitative estimate of drug-likeness (QED) is 0.930. The van der Waals surface area contributed by atoms with Crippen LogP contribution >= 0.6 is 11.6 Å². The SMILES string of the molecule is O=C(COc1ccc(F)cc1Cl)NC1CCOc2ccccc21. The van der Waals surface area contributed by atoms with Crippen molar-refractivity contribution < 1.29 is 18.7 Å². The van der Waals surface area contributed by atoms with Crippen molar-refractivity contribution in [2.24, 2.45) is 0 Å². The van der Waals surface area contributed by atoms with Crippen LogP contribution in [0.25, 0.3) is 0 Å². The number of ether oxygens (including phenoxy) is 2. The molecule has 0 spiro atoms. The fourth-order valence-electron chi connectivity index (χ4n) is 2.46. The molecular weight excluding hydrogens is 321 g/mol. The highest BCUT2D eigenvalue weighted by molar-refractivity contribution is 6.32. The van der Waals surface area contributed by atoms with Gasteiger partial charge in [-0.2, -0.15) is 0 Å². The first-order chi connectivity index (χ1) is 11.1. The summed E-state index contributed by atoms with van der Waals surface area (Å²) in [5, 5.41) is 3.05. The maximum absolute atomic E-state index is 13.0. The van der Waals surface area contributed by atoms with Crippen LogP contribution in [0.3, 0.4) is 0 Å². The highest BCUT2D eigenvalue weighted by Gasteiger charge is 2.22. The molecule has 2 aromatic carbocycles. The Kier molecular flexibility index (Phi) is 4.67. The van der Waals surface area contributed by atoms with Gasteiger partial charge in [-0.3, -0.25) is 4.79 Å². The molecule has 120 valence electrons. The van der Waals surface area contributed by atoms with Gasteiger partial charge in [0.25, 0.3) is 5.91 Å². The Labute approximate surface area is 138 Å². The fraction of sp³-hybridized carbons (Fsp3) is 0.235. The summed E-state index contributed by atoms with van der Waals surface area (Å²) in [5.41, 5.74) is 0.951. The molecule has 0 bridgehead atoms. The molecule has 1 aliphatic rings. The molecule has 1 unspecified atom stereocenters. The molecule has 1 heterocycles. The summed E-state index contributed by atoms with van der Waals surface area (Å²) in [6, 6.07) is 11.3. The van der Waals surface area contributed by atoms with E-state index in [4.69, 9.17) is 21.1 Å². The van der Waals surface area contributed by atoms with Crippen molar-refractivity contribution in [1.29, 1.82) is 0 Å². The van der Waals surface area contributed by atoms with Crippen molar-refractivity contribution in [3.8, 4) is 11.5 Å². The molecule has 2 aromatic rings. The molecule has 3 rings (SSSR count). The van der Waals surface area contributed by atoms with Crippen molar-refractivity contribution in [1.82, 2.24) is 5.32 Å². The second-order valence-corrected chi connectivity index (χ2v) is 5.57. The number of carbonyl (C=O) groups excluding carboxylic acids is 1. The summed E-state index contributed by atoms with van der Waals surface area (Å²) in [7, 11) is 0. The number of fused-ring (bicyclic) bond motifs is 1. The Morgan fingerprint density at radius 2 is 2.17 bits per heavy atom. The first kappa shape index (κ1) is 15.6. The Morgan fingerprint density at radius 3 is 3.00 bits per heavy atom. The van der Waals surface area contributed by atoms with Crippen LogP contribution in [0, 0.1) is 5.82 Å². The van der Waals surface area contributed by atoms with Crippen LogP contribution in [0.4, 0.5) is 4.39 Å². The average molecular weight is 336 g/mol. The van der Waals surface area contributed by atoms with E-state index in [9.17, 15) is 9.18 Å². The van der Waals surface area contributed by atoms with E-state index in [0.29, 0.717) is 13.0 Å². The summed E-state index contributed by atoms with van der Waals surface area (Å²) in [6.07, 6.45) is 0.695. The third kappa shape index (κ3) is 3.74. The van der Waals surface area contributed by atoms with E-state index in [0.717, 1.165) is 17.4 Å². The van der Waals surface area contributed by atoms with Gasteiger partial charge in [-0.25, -0.2) is 4.39 Å². The Bertz CT molecular complexity index is 723. The summed E-state index contributed by atoms with van der Waals surface area (Å²) >= 11 is 5.86. The van der Waals surface area contributed by atoms with E-state index >= 15 is 0 Å². The van der Waals surface area contributed by atoms with Gasteiger partial charge in [-0.15, -0.1) is 0 Å².